The lowest BCUT2D eigenvalue weighted by atomic mass is 9.97. The lowest BCUT2D eigenvalue weighted by molar-refractivity contribution is -0.145. The third-order valence-corrected chi connectivity index (χ3v) is 4.09. The average molecular weight is 246 g/mol. The molecule has 0 aliphatic heterocycles. The molecule has 0 fully saturated rings. The van der Waals surface area contributed by atoms with E-state index in [9.17, 15) is 13.2 Å². The van der Waals surface area contributed by atoms with Gasteiger partial charge in [0.15, 0.2) is 0 Å². The fourth-order valence-corrected chi connectivity index (χ4v) is 2.94. The third-order valence-electron chi connectivity index (χ3n) is 2.15. The SMILES string of the molecule is Cc1ccc(S(=O)(=O)CC(C)(C)C(=O)O)o1. The van der Waals surface area contributed by atoms with E-state index in [-0.39, 0.29) is 5.09 Å². The fraction of sp³-hybridized carbons (Fsp3) is 0.500. The minimum absolute atomic E-state index is 0.181. The van der Waals surface area contributed by atoms with Crippen LogP contribution in [0.2, 0.25) is 0 Å². The molecule has 0 amide bonds. The lowest BCUT2D eigenvalue weighted by Crippen LogP contribution is -2.32. The van der Waals surface area contributed by atoms with Gasteiger partial charge in [0.1, 0.15) is 5.76 Å². The number of sulfone groups is 1. The molecule has 1 N–H and O–H groups in total. The first-order valence-electron chi connectivity index (χ1n) is 4.68. The van der Waals surface area contributed by atoms with Gasteiger partial charge in [-0.1, -0.05) is 0 Å². The van der Waals surface area contributed by atoms with E-state index >= 15 is 0 Å². The van der Waals surface area contributed by atoms with Crippen LogP contribution in [0.1, 0.15) is 19.6 Å². The van der Waals surface area contributed by atoms with E-state index in [2.05, 4.69) is 0 Å². The largest absolute Gasteiger partial charge is 0.481 e. The van der Waals surface area contributed by atoms with Crippen molar-refractivity contribution in [1.29, 1.82) is 0 Å². The molecule has 0 radical (unpaired) electrons. The molecule has 0 aliphatic carbocycles. The summed E-state index contributed by atoms with van der Waals surface area (Å²) in [6, 6.07) is 2.86. The summed E-state index contributed by atoms with van der Waals surface area (Å²) < 4.78 is 28.6. The summed E-state index contributed by atoms with van der Waals surface area (Å²) in [5.74, 6) is -1.16. The Kier molecular flexibility index (Phi) is 3.14. The average Bonchev–Trinajstić information content (AvgIpc) is 2.50. The highest BCUT2D eigenvalue weighted by molar-refractivity contribution is 7.91. The molecule has 1 aromatic rings. The molecule has 1 aromatic heterocycles. The highest BCUT2D eigenvalue weighted by atomic mass is 32.2. The summed E-state index contributed by atoms with van der Waals surface area (Å²) in [5, 5.41) is 8.68. The maximum atomic E-state index is 11.8. The van der Waals surface area contributed by atoms with Crippen LogP contribution in [0.3, 0.4) is 0 Å². The van der Waals surface area contributed by atoms with Crippen molar-refractivity contribution in [3.8, 4) is 0 Å². The molecule has 0 atom stereocenters. The van der Waals surface area contributed by atoms with Crippen molar-refractivity contribution in [2.24, 2.45) is 5.41 Å². The van der Waals surface area contributed by atoms with Crippen molar-refractivity contribution >= 4 is 15.8 Å². The molecule has 0 aliphatic rings. The van der Waals surface area contributed by atoms with E-state index < -0.39 is 27.0 Å². The Hall–Kier alpha value is -1.30. The number of carboxylic acid groups (broad SMARTS) is 1. The topological polar surface area (TPSA) is 84.6 Å². The van der Waals surface area contributed by atoms with Crippen LogP contribution in [0, 0.1) is 12.3 Å². The van der Waals surface area contributed by atoms with Gasteiger partial charge >= 0.3 is 5.97 Å². The van der Waals surface area contributed by atoms with Gasteiger partial charge in [-0.15, -0.1) is 0 Å². The Morgan fingerprint density at radius 2 is 2.00 bits per heavy atom. The van der Waals surface area contributed by atoms with Gasteiger partial charge in [-0.3, -0.25) is 4.79 Å². The molecule has 1 heterocycles. The molecular weight excluding hydrogens is 232 g/mol. The maximum Gasteiger partial charge on any atom is 0.310 e. The Morgan fingerprint density at radius 1 is 1.44 bits per heavy atom. The zero-order chi connectivity index (χ0) is 12.6. The number of hydrogen-bond acceptors (Lipinski definition) is 4. The molecule has 0 unspecified atom stereocenters. The second kappa shape index (κ2) is 3.93. The molecule has 90 valence electrons. The molecule has 5 nitrogen and oxygen atoms in total. The molecular formula is C10H14O5S. The van der Waals surface area contributed by atoms with Crippen molar-refractivity contribution in [2.45, 2.75) is 25.9 Å². The first kappa shape index (κ1) is 12.8. The molecule has 0 saturated carbocycles. The van der Waals surface area contributed by atoms with E-state index in [1.165, 1.54) is 26.0 Å². The van der Waals surface area contributed by atoms with E-state index in [0.29, 0.717) is 5.76 Å². The summed E-state index contributed by atoms with van der Waals surface area (Å²) in [5.41, 5.74) is -1.33. The summed E-state index contributed by atoms with van der Waals surface area (Å²) in [6.07, 6.45) is 0. The summed E-state index contributed by atoms with van der Waals surface area (Å²) in [4.78, 5) is 10.8. The van der Waals surface area contributed by atoms with E-state index in [1.807, 2.05) is 0 Å². The summed E-state index contributed by atoms with van der Waals surface area (Å²) in [7, 11) is -3.69. The molecule has 0 spiro atoms. The molecule has 0 aromatic carbocycles. The Morgan fingerprint density at radius 3 is 2.38 bits per heavy atom. The quantitative estimate of drug-likeness (QED) is 0.869. The Balaban J connectivity index is 3.02. The monoisotopic (exact) mass is 246 g/mol. The van der Waals surface area contributed by atoms with Crippen LogP contribution in [-0.4, -0.2) is 25.2 Å². The van der Waals surface area contributed by atoms with Crippen molar-refractivity contribution in [3.05, 3.63) is 17.9 Å². The van der Waals surface area contributed by atoms with Crippen LogP contribution in [0.25, 0.3) is 0 Å². The molecule has 1 rings (SSSR count). The predicted octanol–water partition coefficient (Wildman–Crippen LogP) is 1.47. The van der Waals surface area contributed by atoms with Crippen LogP contribution >= 0.6 is 0 Å². The number of carbonyl (C=O) groups is 1. The van der Waals surface area contributed by atoms with Crippen molar-refractivity contribution in [2.75, 3.05) is 5.75 Å². The van der Waals surface area contributed by atoms with Gasteiger partial charge in [-0.25, -0.2) is 8.42 Å². The molecule has 0 bridgehead atoms. The number of carboxylic acids is 1. The van der Waals surface area contributed by atoms with Crippen molar-refractivity contribution in [1.82, 2.24) is 0 Å². The van der Waals surface area contributed by atoms with E-state index in [0.717, 1.165) is 0 Å². The Bertz CT molecular complexity index is 495. The van der Waals surface area contributed by atoms with Gasteiger partial charge in [-0.05, 0) is 32.9 Å². The number of furan rings is 1. The number of aliphatic carboxylic acids is 1. The number of aryl methyl sites for hydroxylation is 1. The standard InChI is InChI=1S/C10H14O5S/c1-7-4-5-8(15-7)16(13,14)6-10(2,3)9(11)12/h4-5H,6H2,1-3H3,(H,11,12). The van der Waals surface area contributed by atoms with Gasteiger partial charge in [-0.2, -0.15) is 0 Å². The number of rotatable bonds is 4. The first-order chi connectivity index (χ1) is 7.15. The van der Waals surface area contributed by atoms with Gasteiger partial charge < -0.3 is 9.52 Å². The van der Waals surface area contributed by atoms with Crippen molar-refractivity contribution < 1.29 is 22.7 Å². The summed E-state index contributed by atoms with van der Waals surface area (Å²) >= 11 is 0. The fourth-order valence-electron chi connectivity index (χ4n) is 1.19. The van der Waals surface area contributed by atoms with Gasteiger partial charge in [0.2, 0.25) is 14.9 Å². The highest BCUT2D eigenvalue weighted by Gasteiger charge is 2.35. The predicted molar refractivity (Wildman–Crippen MR) is 56.9 cm³/mol. The van der Waals surface area contributed by atoms with Crippen LogP contribution < -0.4 is 0 Å². The van der Waals surface area contributed by atoms with Gasteiger partial charge in [0.25, 0.3) is 0 Å². The number of hydrogen-bond donors (Lipinski definition) is 1. The van der Waals surface area contributed by atoms with Crippen molar-refractivity contribution in [3.63, 3.8) is 0 Å². The first-order valence-corrected chi connectivity index (χ1v) is 6.33. The maximum absolute atomic E-state index is 11.8. The van der Waals surface area contributed by atoms with Crippen LogP contribution in [0.15, 0.2) is 21.6 Å². The minimum Gasteiger partial charge on any atom is -0.481 e. The van der Waals surface area contributed by atoms with Crippen LogP contribution in [0.5, 0.6) is 0 Å². The zero-order valence-corrected chi connectivity index (χ0v) is 10.2. The summed E-state index contributed by atoms with van der Waals surface area (Å²) in [6.45, 7) is 4.35. The second-order valence-corrected chi connectivity index (χ2v) is 6.23. The Labute approximate surface area is 94.0 Å². The molecule has 16 heavy (non-hydrogen) atoms. The normalized spacial score (nSPS) is 12.7. The second-order valence-electron chi connectivity index (χ2n) is 4.31. The zero-order valence-electron chi connectivity index (χ0n) is 9.35. The van der Waals surface area contributed by atoms with Gasteiger partial charge in [0, 0.05) is 0 Å². The molecule has 0 saturated heterocycles. The highest BCUT2D eigenvalue weighted by Crippen LogP contribution is 2.24. The minimum atomic E-state index is -3.69. The van der Waals surface area contributed by atoms with E-state index in [1.54, 1.807) is 6.92 Å². The third kappa shape index (κ3) is 2.63. The van der Waals surface area contributed by atoms with Crippen LogP contribution in [-0.2, 0) is 14.6 Å². The van der Waals surface area contributed by atoms with Gasteiger partial charge in [0.05, 0.1) is 11.2 Å². The smallest absolute Gasteiger partial charge is 0.310 e. The lowest BCUT2D eigenvalue weighted by Gasteiger charge is -2.17. The molecule has 6 heteroatoms. The van der Waals surface area contributed by atoms with Crippen LogP contribution in [0.4, 0.5) is 0 Å². The van der Waals surface area contributed by atoms with E-state index in [4.69, 9.17) is 9.52 Å².